The third-order valence-corrected chi connectivity index (χ3v) is 3.31. The van der Waals surface area contributed by atoms with E-state index in [1.54, 1.807) is 12.1 Å². The fourth-order valence-corrected chi connectivity index (χ4v) is 2.22. The van der Waals surface area contributed by atoms with E-state index in [1.807, 2.05) is 4.90 Å². The number of ether oxygens (including phenoxy) is 1. The molecule has 1 aromatic carbocycles. The second-order valence-corrected chi connectivity index (χ2v) is 4.72. The molecule has 4 nitrogen and oxygen atoms in total. The Balaban J connectivity index is 1.80. The van der Waals surface area contributed by atoms with Crippen LogP contribution in [0.15, 0.2) is 24.3 Å². The van der Waals surface area contributed by atoms with Gasteiger partial charge in [-0.05, 0) is 17.7 Å². The van der Waals surface area contributed by atoms with Crippen LogP contribution in [-0.4, -0.2) is 55.6 Å². The number of nitrogens with zero attached hydrogens (tertiary/aromatic N) is 2. The van der Waals surface area contributed by atoms with Crippen molar-refractivity contribution in [3.8, 4) is 0 Å². The zero-order chi connectivity index (χ0) is 13.7. The van der Waals surface area contributed by atoms with Gasteiger partial charge in [-0.25, -0.2) is 4.39 Å². The molecule has 0 atom stereocenters. The minimum Gasteiger partial charge on any atom is -0.375 e. The predicted molar refractivity (Wildman–Crippen MR) is 70.1 cm³/mol. The Hall–Kier alpha value is -1.46. The summed E-state index contributed by atoms with van der Waals surface area (Å²) >= 11 is 0. The Morgan fingerprint density at radius 3 is 2.42 bits per heavy atom. The lowest BCUT2D eigenvalue weighted by Gasteiger charge is -2.34. The number of rotatable bonds is 4. The Labute approximate surface area is 112 Å². The molecule has 104 valence electrons. The molecule has 0 aliphatic carbocycles. The number of halogens is 1. The van der Waals surface area contributed by atoms with E-state index in [1.165, 1.54) is 19.2 Å². The van der Waals surface area contributed by atoms with Crippen LogP contribution in [0, 0.1) is 5.82 Å². The van der Waals surface area contributed by atoms with Gasteiger partial charge in [0.1, 0.15) is 12.4 Å². The molecule has 2 rings (SSSR count). The summed E-state index contributed by atoms with van der Waals surface area (Å²) in [6.07, 6.45) is 0. The number of carbonyl (C=O) groups is 1. The molecule has 1 fully saturated rings. The van der Waals surface area contributed by atoms with Crippen LogP contribution in [0.4, 0.5) is 4.39 Å². The summed E-state index contributed by atoms with van der Waals surface area (Å²) < 4.78 is 17.7. The van der Waals surface area contributed by atoms with Crippen LogP contribution in [0.25, 0.3) is 0 Å². The summed E-state index contributed by atoms with van der Waals surface area (Å²) in [5, 5.41) is 0. The molecule has 0 N–H and O–H groups in total. The molecule has 1 aliphatic heterocycles. The van der Waals surface area contributed by atoms with E-state index >= 15 is 0 Å². The molecule has 0 radical (unpaired) electrons. The fraction of sp³-hybridized carbons (Fsp3) is 0.500. The van der Waals surface area contributed by atoms with Crippen LogP contribution in [-0.2, 0) is 16.1 Å². The molecule has 1 aliphatic rings. The van der Waals surface area contributed by atoms with Crippen molar-refractivity contribution in [1.29, 1.82) is 0 Å². The van der Waals surface area contributed by atoms with Crippen molar-refractivity contribution >= 4 is 5.91 Å². The molecule has 1 saturated heterocycles. The van der Waals surface area contributed by atoms with Gasteiger partial charge in [0, 0.05) is 39.8 Å². The summed E-state index contributed by atoms with van der Waals surface area (Å²) in [5.74, 6) is -0.164. The first kappa shape index (κ1) is 14.0. The quantitative estimate of drug-likeness (QED) is 0.818. The maximum atomic E-state index is 12.8. The van der Waals surface area contributed by atoms with Gasteiger partial charge < -0.3 is 9.64 Å². The Morgan fingerprint density at radius 1 is 1.21 bits per heavy atom. The highest BCUT2D eigenvalue weighted by atomic mass is 19.1. The van der Waals surface area contributed by atoms with Gasteiger partial charge in [0.2, 0.25) is 5.91 Å². The van der Waals surface area contributed by atoms with Crippen molar-refractivity contribution in [3.63, 3.8) is 0 Å². The molecule has 1 aromatic rings. The van der Waals surface area contributed by atoms with Crippen molar-refractivity contribution in [3.05, 3.63) is 35.6 Å². The normalized spacial score (nSPS) is 16.6. The number of hydrogen-bond donors (Lipinski definition) is 0. The summed E-state index contributed by atoms with van der Waals surface area (Å²) in [6.45, 7) is 4.08. The van der Waals surface area contributed by atoms with Crippen LogP contribution in [0.5, 0.6) is 0 Å². The largest absolute Gasteiger partial charge is 0.375 e. The molecule has 0 saturated carbocycles. The highest BCUT2D eigenvalue weighted by Gasteiger charge is 2.20. The van der Waals surface area contributed by atoms with Gasteiger partial charge in [-0.2, -0.15) is 0 Å². The predicted octanol–water partition coefficient (Wildman–Crippen LogP) is 1.12. The molecular formula is C14H19FN2O2. The Morgan fingerprint density at radius 2 is 1.84 bits per heavy atom. The number of amides is 1. The van der Waals surface area contributed by atoms with Crippen molar-refractivity contribution in [1.82, 2.24) is 9.80 Å². The zero-order valence-corrected chi connectivity index (χ0v) is 11.1. The second kappa shape index (κ2) is 6.63. The van der Waals surface area contributed by atoms with Crippen molar-refractivity contribution < 1.29 is 13.9 Å². The van der Waals surface area contributed by atoms with Crippen LogP contribution in [0.2, 0.25) is 0 Å². The maximum Gasteiger partial charge on any atom is 0.248 e. The highest BCUT2D eigenvalue weighted by molar-refractivity contribution is 5.77. The molecule has 0 bridgehead atoms. The SMILES string of the molecule is COCC(=O)N1CCN(Cc2ccc(F)cc2)CC1. The van der Waals surface area contributed by atoms with Gasteiger partial charge in [-0.1, -0.05) is 12.1 Å². The van der Waals surface area contributed by atoms with E-state index in [-0.39, 0.29) is 18.3 Å². The number of hydrogen-bond acceptors (Lipinski definition) is 3. The zero-order valence-electron chi connectivity index (χ0n) is 11.1. The number of piperazine rings is 1. The topological polar surface area (TPSA) is 32.8 Å². The van der Waals surface area contributed by atoms with Crippen molar-refractivity contribution in [2.75, 3.05) is 39.9 Å². The molecular weight excluding hydrogens is 247 g/mol. The maximum absolute atomic E-state index is 12.8. The standard InChI is InChI=1S/C14H19FN2O2/c1-19-11-14(18)17-8-6-16(7-9-17)10-12-2-4-13(15)5-3-12/h2-5H,6-11H2,1H3. The van der Waals surface area contributed by atoms with Crippen LogP contribution < -0.4 is 0 Å². The lowest BCUT2D eigenvalue weighted by Crippen LogP contribution is -2.49. The first-order chi connectivity index (χ1) is 9.19. The van der Waals surface area contributed by atoms with E-state index < -0.39 is 0 Å². The van der Waals surface area contributed by atoms with Crippen LogP contribution in [0.1, 0.15) is 5.56 Å². The number of benzene rings is 1. The lowest BCUT2D eigenvalue weighted by molar-refractivity contribution is -0.136. The second-order valence-electron chi connectivity index (χ2n) is 4.72. The van der Waals surface area contributed by atoms with E-state index in [0.717, 1.165) is 38.3 Å². The number of methoxy groups -OCH3 is 1. The summed E-state index contributed by atoms with van der Waals surface area (Å²) in [6, 6.07) is 6.57. The molecule has 0 spiro atoms. The van der Waals surface area contributed by atoms with Crippen LogP contribution >= 0.6 is 0 Å². The van der Waals surface area contributed by atoms with E-state index in [2.05, 4.69) is 4.90 Å². The Kier molecular flexibility index (Phi) is 4.87. The van der Waals surface area contributed by atoms with E-state index in [4.69, 9.17) is 4.74 Å². The van der Waals surface area contributed by atoms with Gasteiger partial charge >= 0.3 is 0 Å². The number of carbonyl (C=O) groups excluding carboxylic acids is 1. The van der Waals surface area contributed by atoms with Gasteiger partial charge in [0.15, 0.2) is 0 Å². The summed E-state index contributed by atoms with van der Waals surface area (Å²) in [7, 11) is 1.53. The van der Waals surface area contributed by atoms with Gasteiger partial charge in [-0.15, -0.1) is 0 Å². The van der Waals surface area contributed by atoms with Gasteiger partial charge in [0.05, 0.1) is 0 Å². The summed E-state index contributed by atoms with van der Waals surface area (Å²) in [5.41, 5.74) is 1.10. The summed E-state index contributed by atoms with van der Waals surface area (Å²) in [4.78, 5) is 15.7. The van der Waals surface area contributed by atoms with Crippen LogP contribution in [0.3, 0.4) is 0 Å². The Bertz CT molecular complexity index is 414. The van der Waals surface area contributed by atoms with E-state index in [0.29, 0.717) is 0 Å². The monoisotopic (exact) mass is 266 g/mol. The van der Waals surface area contributed by atoms with Gasteiger partial charge in [0.25, 0.3) is 0 Å². The smallest absolute Gasteiger partial charge is 0.248 e. The van der Waals surface area contributed by atoms with Crippen molar-refractivity contribution in [2.45, 2.75) is 6.54 Å². The molecule has 0 aromatic heterocycles. The van der Waals surface area contributed by atoms with Crippen molar-refractivity contribution in [2.24, 2.45) is 0 Å². The molecule has 1 heterocycles. The molecule has 19 heavy (non-hydrogen) atoms. The average Bonchev–Trinajstić information content (AvgIpc) is 2.42. The minimum absolute atomic E-state index is 0.0453. The molecule has 0 unspecified atom stereocenters. The fourth-order valence-electron chi connectivity index (χ4n) is 2.22. The van der Waals surface area contributed by atoms with Gasteiger partial charge in [-0.3, -0.25) is 9.69 Å². The molecule has 1 amide bonds. The lowest BCUT2D eigenvalue weighted by atomic mass is 10.2. The first-order valence-electron chi connectivity index (χ1n) is 6.42. The average molecular weight is 266 g/mol. The highest BCUT2D eigenvalue weighted by Crippen LogP contribution is 2.09. The third kappa shape index (κ3) is 4.01. The third-order valence-electron chi connectivity index (χ3n) is 3.31. The minimum atomic E-state index is -0.210. The molecule has 5 heteroatoms. The van der Waals surface area contributed by atoms with E-state index in [9.17, 15) is 9.18 Å². The first-order valence-corrected chi connectivity index (χ1v) is 6.42.